The summed E-state index contributed by atoms with van der Waals surface area (Å²) in [6.07, 6.45) is 4.23. The molecule has 21 heavy (non-hydrogen) atoms. The van der Waals surface area contributed by atoms with Gasteiger partial charge in [0.1, 0.15) is 23.3 Å². The monoisotopic (exact) mass is 297 g/mol. The lowest BCUT2D eigenvalue weighted by Gasteiger charge is -2.20. The number of imidazole rings is 1. The van der Waals surface area contributed by atoms with Crippen LogP contribution in [0.2, 0.25) is 0 Å². The predicted molar refractivity (Wildman–Crippen MR) is 74.4 cm³/mol. The van der Waals surface area contributed by atoms with E-state index in [0.29, 0.717) is 31.0 Å². The van der Waals surface area contributed by atoms with E-state index in [1.807, 2.05) is 18.4 Å². The molecule has 0 spiro atoms. The van der Waals surface area contributed by atoms with Crippen molar-refractivity contribution < 1.29 is 13.2 Å². The highest BCUT2D eigenvalue weighted by atomic mass is 19.1. The number of hydrogen-bond donors (Lipinski definition) is 1. The summed E-state index contributed by atoms with van der Waals surface area (Å²) in [7, 11) is 0. The molecule has 0 aliphatic carbocycles. The average molecular weight is 297 g/mol. The number of aromatic nitrogens is 2. The van der Waals surface area contributed by atoms with Gasteiger partial charge >= 0.3 is 0 Å². The van der Waals surface area contributed by atoms with Gasteiger partial charge in [-0.15, -0.1) is 0 Å². The van der Waals surface area contributed by atoms with E-state index in [1.165, 1.54) is 0 Å². The summed E-state index contributed by atoms with van der Waals surface area (Å²) in [6, 6.07) is 0.628. The lowest BCUT2D eigenvalue weighted by Crippen LogP contribution is -2.27. The van der Waals surface area contributed by atoms with Crippen molar-refractivity contribution in [3.8, 4) is 0 Å². The SMILES string of the molecule is CCCn1ccnc1C(NCC)c1c(F)cc(F)cc1F. The van der Waals surface area contributed by atoms with Crippen LogP contribution in [0.4, 0.5) is 13.2 Å². The Bertz CT molecular complexity index is 587. The first-order chi connectivity index (χ1) is 10.1. The molecule has 1 unspecified atom stereocenters. The van der Waals surface area contributed by atoms with Crippen LogP contribution in [0.3, 0.4) is 0 Å². The summed E-state index contributed by atoms with van der Waals surface area (Å²) < 4.78 is 43.0. The number of halogens is 3. The minimum Gasteiger partial charge on any atom is -0.333 e. The number of hydrogen-bond acceptors (Lipinski definition) is 2. The molecule has 114 valence electrons. The van der Waals surface area contributed by atoms with E-state index < -0.39 is 23.5 Å². The van der Waals surface area contributed by atoms with Gasteiger partial charge in [0.25, 0.3) is 0 Å². The zero-order chi connectivity index (χ0) is 15.4. The Kier molecular flexibility index (Phi) is 5.01. The normalized spacial score (nSPS) is 12.6. The molecule has 0 saturated carbocycles. The Morgan fingerprint density at radius 3 is 2.43 bits per heavy atom. The van der Waals surface area contributed by atoms with Crippen LogP contribution in [0.15, 0.2) is 24.5 Å². The van der Waals surface area contributed by atoms with Crippen molar-refractivity contribution in [3.05, 3.63) is 53.4 Å². The molecular formula is C15H18F3N3. The first-order valence-electron chi connectivity index (χ1n) is 6.97. The molecule has 0 radical (unpaired) electrons. The highest BCUT2D eigenvalue weighted by molar-refractivity contribution is 5.29. The van der Waals surface area contributed by atoms with Crippen LogP contribution in [-0.4, -0.2) is 16.1 Å². The maximum atomic E-state index is 14.0. The summed E-state index contributed by atoms with van der Waals surface area (Å²) in [5.41, 5.74) is -0.207. The Balaban J connectivity index is 2.51. The second-order valence-electron chi connectivity index (χ2n) is 4.75. The number of nitrogens with one attached hydrogen (secondary N) is 1. The van der Waals surface area contributed by atoms with E-state index in [0.717, 1.165) is 6.42 Å². The van der Waals surface area contributed by atoms with E-state index >= 15 is 0 Å². The summed E-state index contributed by atoms with van der Waals surface area (Å²) in [5, 5.41) is 3.02. The van der Waals surface area contributed by atoms with E-state index in [4.69, 9.17) is 0 Å². The molecule has 1 N–H and O–H groups in total. The van der Waals surface area contributed by atoms with Crippen molar-refractivity contribution in [2.45, 2.75) is 32.9 Å². The lowest BCUT2D eigenvalue weighted by atomic mass is 10.0. The Morgan fingerprint density at radius 2 is 1.86 bits per heavy atom. The van der Waals surface area contributed by atoms with Gasteiger partial charge in [-0.25, -0.2) is 18.2 Å². The molecule has 1 aromatic carbocycles. The van der Waals surface area contributed by atoms with Crippen LogP contribution in [0.5, 0.6) is 0 Å². The topological polar surface area (TPSA) is 29.9 Å². The zero-order valence-corrected chi connectivity index (χ0v) is 12.0. The van der Waals surface area contributed by atoms with Crippen LogP contribution < -0.4 is 5.32 Å². The highest BCUT2D eigenvalue weighted by Crippen LogP contribution is 2.27. The molecule has 0 bridgehead atoms. The van der Waals surface area contributed by atoms with Crippen molar-refractivity contribution in [3.63, 3.8) is 0 Å². The van der Waals surface area contributed by atoms with E-state index in [-0.39, 0.29) is 5.56 Å². The first-order valence-corrected chi connectivity index (χ1v) is 6.97. The molecule has 6 heteroatoms. The van der Waals surface area contributed by atoms with E-state index in [1.54, 1.807) is 12.4 Å². The number of benzene rings is 1. The Hall–Kier alpha value is -1.82. The maximum absolute atomic E-state index is 14.0. The third-order valence-corrected chi connectivity index (χ3v) is 3.21. The summed E-state index contributed by atoms with van der Waals surface area (Å²) in [6.45, 7) is 5.03. The Labute approximate surface area is 121 Å². The molecule has 0 aliphatic heterocycles. The highest BCUT2D eigenvalue weighted by Gasteiger charge is 2.25. The quantitative estimate of drug-likeness (QED) is 0.885. The third kappa shape index (κ3) is 3.26. The van der Waals surface area contributed by atoms with Crippen molar-refractivity contribution >= 4 is 0 Å². The van der Waals surface area contributed by atoms with Crippen LogP contribution >= 0.6 is 0 Å². The fraction of sp³-hybridized carbons (Fsp3) is 0.400. The summed E-state index contributed by atoms with van der Waals surface area (Å²) in [5.74, 6) is -2.24. The number of rotatable bonds is 6. The minimum atomic E-state index is -0.930. The van der Waals surface area contributed by atoms with Gasteiger partial charge in [0.15, 0.2) is 0 Å². The van der Waals surface area contributed by atoms with Gasteiger partial charge in [0.2, 0.25) is 0 Å². The van der Waals surface area contributed by atoms with Gasteiger partial charge in [0, 0.05) is 36.6 Å². The Morgan fingerprint density at radius 1 is 1.19 bits per heavy atom. The van der Waals surface area contributed by atoms with Crippen molar-refractivity contribution in [1.82, 2.24) is 14.9 Å². The molecule has 0 aliphatic rings. The second kappa shape index (κ2) is 6.76. The number of nitrogens with zero attached hydrogens (tertiary/aromatic N) is 2. The van der Waals surface area contributed by atoms with Crippen molar-refractivity contribution in [1.29, 1.82) is 0 Å². The van der Waals surface area contributed by atoms with Gasteiger partial charge in [-0.3, -0.25) is 0 Å². The second-order valence-corrected chi connectivity index (χ2v) is 4.75. The van der Waals surface area contributed by atoms with Crippen molar-refractivity contribution in [2.75, 3.05) is 6.54 Å². The molecule has 2 rings (SSSR count). The first kappa shape index (κ1) is 15.6. The maximum Gasteiger partial charge on any atom is 0.134 e. The van der Waals surface area contributed by atoms with Crippen LogP contribution in [0, 0.1) is 17.5 Å². The minimum absolute atomic E-state index is 0.207. The summed E-state index contributed by atoms with van der Waals surface area (Å²) >= 11 is 0. The largest absolute Gasteiger partial charge is 0.333 e. The molecule has 3 nitrogen and oxygen atoms in total. The van der Waals surface area contributed by atoms with E-state index in [9.17, 15) is 13.2 Å². The molecule has 1 heterocycles. The molecule has 0 fully saturated rings. The molecular weight excluding hydrogens is 279 g/mol. The smallest absolute Gasteiger partial charge is 0.134 e. The summed E-state index contributed by atoms with van der Waals surface area (Å²) in [4.78, 5) is 4.21. The molecule has 0 amide bonds. The third-order valence-electron chi connectivity index (χ3n) is 3.21. The van der Waals surface area contributed by atoms with Crippen LogP contribution in [-0.2, 0) is 6.54 Å². The number of aryl methyl sites for hydroxylation is 1. The standard InChI is InChI=1S/C15H18F3N3/c1-3-6-21-7-5-20-15(21)14(19-4-2)13-11(17)8-10(16)9-12(13)18/h5,7-9,14,19H,3-4,6H2,1-2H3. The molecule has 2 aromatic rings. The van der Waals surface area contributed by atoms with E-state index in [2.05, 4.69) is 10.3 Å². The fourth-order valence-corrected chi connectivity index (χ4v) is 2.37. The fourth-order valence-electron chi connectivity index (χ4n) is 2.37. The zero-order valence-electron chi connectivity index (χ0n) is 12.0. The van der Waals surface area contributed by atoms with Gasteiger partial charge < -0.3 is 9.88 Å². The van der Waals surface area contributed by atoms with Crippen LogP contribution in [0.1, 0.15) is 37.7 Å². The predicted octanol–water partition coefficient (Wildman–Crippen LogP) is 3.41. The molecule has 1 aromatic heterocycles. The lowest BCUT2D eigenvalue weighted by molar-refractivity contribution is 0.471. The molecule has 0 saturated heterocycles. The average Bonchev–Trinajstić information content (AvgIpc) is 2.85. The van der Waals surface area contributed by atoms with Crippen LogP contribution in [0.25, 0.3) is 0 Å². The van der Waals surface area contributed by atoms with Gasteiger partial charge in [-0.1, -0.05) is 13.8 Å². The van der Waals surface area contributed by atoms with Crippen molar-refractivity contribution in [2.24, 2.45) is 0 Å². The van der Waals surface area contributed by atoms with Gasteiger partial charge in [-0.2, -0.15) is 0 Å². The van der Waals surface area contributed by atoms with Gasteiger partial charge in [0.05, 0.1) is 6.04 Å². The van der Waals surface area contributed by atoms with Gasteiger partial charge in [-0.05, 0) is 13.0 Å². The molecule has 1 atom stereocenters.